The van der Waals surface area contributed by atoms with Crippen LogP contribution in [0.4, 0.5) is 5.69 Å². The summed E-state index contributed by atoms with van der Waals surface area (Å²) in [7, 11) is -3.47. The van der Waals surface area contributed by atoms with E-state index in [2.05, 4.69) is 10.0 Å². The monoisotopic (exact) mass is 479 g/mol. The molecular formula is C25H25N3O5S. The Bertz CT molecular complexity index is 1350. The second-order valence-corrected chi connectivity index (χ2v) is 10.1. The molecule has 0 bridgehead atoms. The fourth-order valence-electron chi connectivity index (χ4n) is 4.24. The molecule has 0 aliphatic carbocycles. The molecule has 3 aromatic rings. The Morgan fingerprint density at radius 3 is 2.18 bits per heavy atom. The molecule has 34 heavy (non-hydrogen) atoms. The van der Waals surface area contributed by atoms with Crippen LogP contribution in [-0.2, 0) is 14.8 Å². The van der Waals surface area contributed by atoms with Gasteiger partial charge in [-0.15, -0.1) is 0 Å². The summed E-state index contributed by atoms with van der Waals surface area (Å²) in [6.07, 6.45) is 1.47. The molecule has 0 aromatic heterocycles. The van der Waals surface area contributed by atoms with Crippen LogP contribution in [0, 0.1) is 0 Å². The van der Waals surface area contributed by atoms with Crippen LogP contribution in [-0.4, -0.2) is 43.8 Å². The molecule has 3 aromatic carbocycles. The second-order valence-electron chi connectivity index (χ2n) is 8.33. The molecule has 1 heterocycles. The molecule has 1 atom stereocenters. The summed E-state index contributed by atoms with van der Waals surface area (Å²) < 4.78 is 25.7. The number of sulfonamides is 1. The quantitative estimate of drug-likeness (QED) is 0.481. The lowest BCUT2D eigenvalue weighted by molar-refractivity contribution is -0.121. The fourth-order valence-corrected chi connectivity index (χ4v) is 4.83. The molecular weight excluding hydrogens is 454 g/mol. The number of hydrogen-bond acceptors (Lipinski definition) is 5. The molecule has 1 aliphatic heterocycles. The summed E-state index contributed by atoms with van der Waals surface area (Å²) in [5.41, 5.74) is 2.00. The first-order valence-electron chi connectivity index (χ1n) is 10.9. The Balaban J connectivity index is 1.39. The number of hydrogen-bond donors (Lipinski definition) is 2. The number of benzene rings is 3. The first-order valence-corrected chi connectivity index (χ1v) is 12.8. The van der Waals surface area contributed by atoms with Crippen LogP contribution >= 0.6 is 0 Å². The van der Waals surface area contributed by atoms with E-state index in [1.54, 1.807) is 55.5 Å². The van der Waals surface area contributed by atoms with E-state index in [0.29, 0.717) is 34.2 Å². The van der Waals surface area contributed by atoms with Gasteiger partial charge in [-0.2, -0.15) is 0 Å². The second kappa shape index (κ2) is 9.26. The molecule has 4 rings (SSSR count). The molecule has 8 nitrogen and oxygen atoms in total. The Kier molecular flexibility index (Phi) is 6.39. The molecule has 0 radical (unpaired) electrons. The zero-order chi connectivity index (χ0) is 24.5. The van der Waals surface area contributed by atoms with E-state index in [-0.39, 0.29) is 30.7 Å². The minimum Gasteiger partial charge on any atom is -0.350 e. The zero-order valence-corrected chi connectivity index (χ0v) is 19.7. The van der Waals surface area contributed by atoms with Gasteiger partial charge >= 0.3 is 0 Å². The summed E-state index contributed by atoms with van der Waals surface area (Å²) in [6.45, 7) is 1.88. The first-order chi connectivity index (χ1) is 16.2. The number of nitrogens with zero attached hydrogens (tertiary/aromatic N) is 1. The van der Waals surface area contributed by atoms with E-state index >= 15 is 0 Å². The third kappa shape index (κ3) is 4.79. The van der Waals surface area contributed by atoms with E-state index in [1.165, 1.54) is 4.90 Å². The SMILES string of the molecule is CC(NC(=O)CCCN1C(=O)c2cccc3cccc(c23)C1=O)c1ccccc1NS(C)(=O)=O. The predicted octanol–water partition coefficient (Wildman–Crippen LogP) is 3.46. The summed E-state index contributed by atoms with van der Waals surface area (Å²) in [4.78, 5) is 39.6. The smallest absolute Gasteiger partial charge is 0.261 e. The van der Waals surface area contributed by atoms with Crippen LogP contribution in [0.5, 0.6) is 0 Å². The minimum absolute atomic E-state index is 0.106. The third-order valence-electron chi connectivity index (χ3n) is 5.74. The number of imide groups is 1. The van der Waals surface area contributed by atoms with Crippen molar-refractivity contribution in [1.29, 1.82) is 0 Å². The first kappa shape index (κ1) is 23.4. The molecule has 3 amide bonds. The molecule has 176 valence electrons. The lowest BCUT2D eigenvalue weighted by Gasteiger charge is -2.27. The molecule has 0 saturated heterocycles. The van der Waals surface area contributed by atoms with Crippen molar-refractivity contribution >= 4 is 44.2 Å². The number of nitrogens with one attached hydrogen (secondary N) is 2. The normalized spacial score (nSPS) is 14.2. The van der Waals surface area contributed by atoms with Crippen LogP contribution < -0.4 is 10.0 Å². The number of carbonyl (C=O) groups is 3. The number of para-hydroxylation sites is 1. The fraction of sp³-hybridized carbons (Fsp3) is 0.240. The highest BCUT2D eigenvalue weighted by Gasteiger charge is 2.32. The van der Waals surface area contributed by atoms with Crippen molar-refractivity contribution in [1.82, 2.24) is 10.2 Å². The molecule has 9 heteroatoms. The topological polar surface area (TPSA) is 113 Å². The van der Waals surface area contributed by atoms with Crippen molar-refractivity contribution in [3.8, 4) is 0 Å². The highest BCUT2D eigenvalue weighted by Crippen LogP contribution is 2.30. The van der Waals surface area contributed by atoms with Crippen molar-refractivity contribution in [3.05, 3.63) is 77.4 Å². The molecule has 0 fully saturated rings. The maximum atomic E-state index is 13.0. The van der Waals surface area contributed by atoms with E-state index < -0.39 is 16.1 Å². The van der Waals surface area contributed by atoms with Crippen molar-refractivity contribution in [2.75, 3.05) is 17.5 Å². The average Bonchev–Trinajstić information content (AvgIpc) is 2.78. The van der Waals surface area contributed by atoms with Crippen molar-refractivity contribution in [2.24, 2.45) is 0 Å². The van der Waals surface area contributed by atoms with Gasteiger partial charge in [-0.25, -0.2) is 8.42 Å². The summed E-state index contributed by atoms with van der Waals surface area (Å²) in [5.74, 6) is -0.978. The highest BCUT2D eigenvalue weighted by molar-refractivity contribution is 7.92. The van der Waals surface area contributed by atoms with Gasteiger partial charge in [0.1, 0.15) is 0 Å². The highest BCUT2D eigenvalue weighted by atomic mass is 32.2. The van der Waals surface area contributed by atoms with E-state index in [4.69, 9.17) is 0 Å². The van der Waals surface area contributed by atoms with Crippen molar-refractivity contribution in [2.45, 2.75) is 25.8 Å². The van der Waals surface area contributed by atoms with Crippen LogP contribution in [0.1, 0.15) is 52.1 Å². The molecule has 0 saturated carbocycles. The van der Waals surface area contributed by atoms with Crippen LogP contribution in [0.25, 0.3) is 10.8 Å². The molecule has 1 unspecified atom stereocenters. The molecule has 2 N–H and O–H groups in total. The number of rotatable bonds is 8. The zero-order valence-electron chi connectivity index (χ0n) is 18.9. The van der Waals surface area contributed by atoms with Gasteiger partial charge in [0.05, 0.1) is 18.0 Å². The van der Waals surface area contributed by atoms with Gasteiger partial charge in [0.25, 0.3) is 11.8 Å². The van der Waals surface area contributed by atoms with Gasteiger partial charge in [-0.3, -0.25) is 24.0 Å². The van der Waals surface area contributed by atoms with Crippen LogP contribution in [0.2, 0.25) is 0 Å². The van der Waals surface area contributed by atoms with E-state index in [9.17, 15) is 22.8 Å². The largest absolute Gasteiger partial charge is 0.350 e. The standard InChI is InChI=1S/C25H25N3O5S/c1-16(18-10-3-4-13-21(18)27-34(2,32)33)26-22(29)14-7-15-28-24(30)19-11-5-8-17-9-6-12-20(23(17)19)25(28)31/h3-6,8-13,16,27H,7,14-15H2,1-2H3,(H,26,29). The maximum absolute atomic E-state index is 13.0. The molecule has 1 aliphatic rings. The van der Waals surface area contributed by atoms with E-state index in [0.717, 1.165) is 11.6 Å². The number of carbonyl (C=O) groups excluding carboxylic acids is 3. The van der Waals surface area contributed by atoms with Gasteiger partial charge in [0, 0.05) is 29.5 Å². The van der Waals surface area contributed by atoms with Crippen LogP contribution in [0.15, 0.2) is 60.7 Å². The number of amides is 3. The predicted molar refractivity (Wildman–Crippen MR) is 130 cm³/mol. The van der Waals surface area contributed by atoms with Gasteiger partial charge < -0.3 is 5.32 Å². The number of anilines is 1. The third-order valence-corrected chi connectivity index (χ3v) is 6.33. The summed E-state index contributed by atoms with van der Waals surface area (Å²) in [5, 5.41) is 4.37. The lowest BCUT2D eigenvalue weighted by Crippen LogP contribution is -2.41. The molecule has 0 spiro atoms. The van der Waals surface area contributed by atoms with Gasteiger partial charge in [0.15, 0.2) is 0 Å². The average molecular weight is 480 g/mol. The van der Waals surface area contributed by atoms with Gasteiger partial charge in [-0.05, 0) is 42.5 Å². The van der Waals surface area contributed by atoms with E-state index in [1.807, 2.05) is 12.1 Å². The Hall–Kier alpha value is -3.72. The Morgan fingerprint density at radius 2 is 1.56 bits per heavy atom. The minimum atomic E-state index is -3.47. The Labute approximate surface area is 198 Å². The van der Waals surface area contributed by atoms with Gasteiger partial charge in [0.2, 0.25) is 15.9 Å². The summed E-state index contributed by atoms with van der Waals surface area (Å²) in [6, 6.07) is 17.1. The van der Waals surface area contributed by atoms with Crippen molar-refractivity contribution < 1.29 is 22.8 Å². The summed E-state index contributed by atoms with van der Waals surface area (Å²) >= 11 is 0. The van der Waals surface area contributed by atoms with Gasteiger partial charge in [-0.1, -0.05) is 42.5 Å². The maximum Gasteiger partial charge on any atom is 0.261 e. The lowest BCUT2D eigenvalue weighted by atomic mass is 9.94. The Morgan fingerprint density at radius 1 is 0.941 bits per heavy atom. The van der Waals surface area contributed by atoms with Crippen LogP contribution in [0.3, 0.4) is 0 Å². The van der Waals surface area contributed by atoms with Crippen molar-refractivity contribution in [3.63, 3.8) is 0 Å².